The molecular formula is C19H20N4O2S. The molecule has 3 rings (SSSR count). The second-order valence-electron chi connectivity index (χ2n) is 5.75. The number of nitrogens with zero attached hydrogens (tertiary/aromatic N) is 3. The van der Waals surface area contributed by atoms with Crippen molar-refractivity contribution in [1.82, 2.24) is 20.1 Å². The van der Waals surface area contributed by atoms with Gasteiger partial charge in [0.2, 0.25) is 5.91 Å². The monoisotopic (exact) mass is 368 g/mol. The fourth-order valence-corrected chi connectivity index (χ4v) is 3.23. The van der Waals surface area contributed by atoms with Gasteiger partial charge in [0.25, 0.3) is 0 Å². The Kier molecular flexibility index (Phi) is 5.58. The van der Waals surface area contributed by atoms with Crippen molar-refractivity contribution in [2.24, 2.45) is 0 Å². The molecule has 0 atom stereocenters. The number of aryl methyl sites for hydroxylation is 2. The number of aromatic nitrogens is 3. The van der Waals surface area contributed by atoms with Crippen LogP contribution in [-0.4, -0.2) is 33.0 Å². The molecule has 0 aliphatic carbocycles. The Morgan fingerprint density at radius 2 is 2.04 bits per heavy atom. The normalized spacial score (nSPS) is 10.7. The van der Waals surface area contributed by atoms with E-state index in [1.54, 1.807) is 12.3 Å². The number of carbonyl (C=O) groups is 1. The van der Waals surface area contributed by atoms with Crippen LogP contribution in [0.25, 0.3) is 17.1 Å². The van der Waals surface area contributed by atoms with E-state index in [-0.39, 0.29) is 11.7 Å². The number of rotatable bonds is 7. The number of furan rings is 1. The van der Waals surface area contributed by atoms with Gasteiger partial charge in [0.1, 0.15) is 5.76 Å². The molecular weight excluding hydrogens is 348 g/mol. The minimum Gasteiger partial charge on any atom is -0.469 e. The number of hydrogen-bond donors (Lipinski definition) is 1. The lowest BCUT2D eigenvalue weighted by atomic mass is 10.2. The van der Waals surface area contributed by atoms with Gasteiger partial charge in [-0.3, -0.25) is 9.36 Å². The van der Waals surface area contributed by atoms with Gasteiger partial charge in [0.15, 0.2) is 11.0 Å². The highest BCUT2D eigenvalue weighted by molar-refractivity contribution is 7.99. The number of nitrogens with one attached hydrogen (secondary N) is 1. The summed E-state index contributed by atoms with van der Waals surface area (Å²) in [5.74, 6) is 1.64. The van der Waals surface area contributed by atoms with E-state index in [9.17, 15) is 4.79 Å². The first-order chi connectivity index (χ1) is 12.6. The Morgan fingerprint density at radius 1 is 1.27 bits per heavy atom. The molecule has 0 radical (unpaired) electrons. The molecule has 0 saturated carbocycles. The first-order valence-electron chi connectivity index (χ1n) is 8.17. The van der Waals surface area contributed by atoms with E-state index in [1.807, 2.05) is 48.7 Å². The lowest BCUT2D eigenvalue weighted by Gasteiger charge is -2.10. The Morgan fingerprint density at radius 3 is 2.69 bits per heavy atom. The van der Waals surface area contributed by atoms with Gasteiger partial charge in [0.05, 0.1) is 17.6 Å². The highest BCUT2D eigenvalue weighted by Crippen LogP contribution is 2.30. The molecule has 1 aromatic carbocycles. The number of amides is 1. The van der Waals surface area contributed by atoms with Crippen LogP contribution >= 0.6 is 11.8 Å². The molecule has 0 aliphatic heterocycles. The first-order valence-corrected chi connectivity index (χ1v) is 9.16. The Balaban J connectivity index is 1.95. The minimum absolute atomic E-state index is 0.0746. The van der Waals surface area contributed by atoms with Crippen LogP contribution in [0, 0.1) is 13.8 Å². The molecule has 6 nitrogen and oxygen atoms in total. The maximum Gasteiger partial charge on any atom is 0.230 e. The third-order valence-corrected chi connectivity index (χ3v) is 4.73. The second-order valence-corrected chi connectivity index (χ2v) is 6.69. The van der Waals surface area contributed by atoms with Crippen LogP contribution < -0.4 is 5.32 Å². The van der Waals surface area contributed by atoms with Gasteiger partial charge in [-0.05, 0) is 32.0 Å². The van der Waals surface area contributed by atoms with Gasteiger partial charge < -0.3 is 9.73 Å². The van der Waals surface area contributed by atoms with Crippen molar-refractivity contribution >= 4 is 17.7 Å². The fraction of sp³-hybridized carbons (Fsp3) is 0.211. The zero-order valence-electron chi connectivity index (χ0n) is 14.7. The molecule has 0 fully saturated rings. The summed E-state index contributed by atoms with van der Waals surface area (Å²) in [4.78, 5) is 11.9. The lowest BCUT2D eigenvalue weighted by Crippen LogP contribution is -2.25. The summed E-state index contributed by atoms with van der Waals surface area (Å²) in [6.45, 7) is 7.97. The third-order valence-electron chi connectivity index (χ3n) is 3.80. The highest BCUT2D eigenvalue weighted by Gasteiger charge is 2.19. The summed E-state index contributed by atoms with van der Waals surface area (Å²) in [5, 5.41) is 12.1. The Labute approximate surface area is 156 Å². The molecule has 0 spiro atoms. The average Bonchev–Trinajstić information content (AvgIpc) is 3.24. The quantitative estimate of drug-likeness (QED) is 0.510. The molecule has 3 aromatic rings. The topological polar surface area (TPSA) is 73.0 Å². The van der Waals surface area contributed by atoms with Crippen molar-refractivity contribution < 1.29 is 9.21 Å². The van der Waals surface area contributed by atoms with Crippen molar-refractivity contribution in [2.45, 2.75) is 19.0 Å². The molecule has 7 heteroatoms. The van der Waals surface area contributed by atoms with E-state index in [2.05, 4.69) is 22.1 Å². The molecule has 1 N–H and O–H groups in total. The maximum atomic E-state index is 11.9. The van der Waals surface area contributed by atoms with E-state index in [1.165, 1.54) is 17.3 Å². The van der Waals surface area contributed by atoms with Gasteiger partial charge in [-0.2, -0.15) is 0 Å². The highest BCUT2D eigenvalue weighted by atomic mass is 32.2. The second kappa shape index (κ2) is 8.05. The largest absolute Gasteiger partial charge is 0.469 e. The van der Waals surface area contributed by atoms with Gasteiger partial charge >= 0.3 is 0 Å². The van der Waals surface area contributed by atoms with Gasteiger partial charge in [0, 0.05) is 12.2 Å². The summed E-state index contributed by atoms with van der Waals surface area (Å²) < 4.78 is 7.37. The molecule has 1 amide bonds. The van der Waals surface area contributed by atoms with E-state index in [0.717, 1.165) is 17.0 Å². The molecule has 134 valence electrons. The van der Waals surface area contributed by atoms with Crippen LogP contribution in [0.3, 0.4) is 0 Å². The van der Waals surface area contributed by atoms with Crippen LogP contribution in [0.2, 0.25) is 0 Å². The summed E-state index contributed by atoms with van der Waals surface area (Å²) >= 11 is 1.34. The SMILES string of the molecule is C=CCNC(=O)CSc1nnc(-c2ccoc2C)n1-c1ccc(C)cc1. The van der Waals surface area contributed by atoms with Crippen molar-refractivity contribution in [1.29, 1.82) is 0 Å². The maximum absolute atomic E-state index is 11.9. The predicted molar refractivity (Wildman–Crippen MR) is 102 cm³/mol. The van der Waals surface area contributed by atoms with Crippen molar-refractivity contribution in [3.05, 3.63) is 60.6 Å². The number of carbonyl (C=O) groups excluding carboxylic acids is 1. The zero-order valence-corrected chi connectivity index (χ0v) is 15.5. The van der Waals surface area contributed by atoms with Crippen LogP contribution in [-0.2, 0) is 4.79 Å². The van der Waals surface area contributed by atoms with Crippen molar-refractivity contribution in [3.8, 4) is 17.1 Å². The molecule has 0 unspecified atom stereocenters. The van der Waals surface area contributed by atoms with Crippen LogP contribution in [0.4, 0.5) is 0 Å². The number of hydrogen-bond acceptors (Lipinski definition) is 5. The van der Waals surface area contributed by atoms with Crippen LogP contribution in [0.1, 0.15) is 11.3 Å². The Bertz CT molecular complexity index is 912. The van der Waals surface area contributed by atoms with Gasteiger partial charge in [-0.25, -0.2) is 0 Å². The van der Waals surface area contributed by atoms with Gasteiger partial charge in [-0.1, -0.05) is 35.5 Å². The molecule has 2 aromatic heterocycles. The van der Waals surface area contributed by atoms with Crippen molar-refractivity contribution in [2.75, 3.05) is 12.3 Å². The summed E-state index contributed by atoms with van der Waals surface area (Å²) in [7, 11) is 0. The first kappa shape index (κ1) is 18.0. The number of benzene rings is 1. The van der Waals surface area contributed by atoms with Gasteiger partial charge in [-0.15, -0.1) is 16.8 Å². The molecule has 0 saturated heterocycles. The Hall–Kier alpha value is -2.80. The average molecular weight is 368 g/mol. The summed E-state index contributed by atoms with van der Waals surface area (Å²) in [6, 6.07) is 9.97. The van der Waals surface area contributed by atoms with Crippen LogP contribution in [0.15, 0.2) is 58.8 Å². The molecule has 2 heterocycles. The molecule has 26 heavy (non-hydrogen) atoms. The lowest BCUT2D eigenvalue weighted by molar-refractivity contribution is -0.118. The smallest absolute Gasteiger partial charge is 0.230 e. The van der Waals surface area contributed by atoms with Crippen molar-refractivity contribution in [3.63, 3.8) is 0 Å². The number of thioether (sulfide) groups is 1. The minimum atomic E-state index is -0.0746. The summed E-state index contributed by atoms with van der Waals surface area (Å²) in [5.41, 5.74) is 2.98. The standard InChI is InChI=1S/C19H20N4O2S/c1-4-10-20-17(24)12-26-19-22-21-18(16-9-11-25-14(16)3)23(19)15-7-5-13(2)6-8-15/h4-9,11H,1,10,12H2,2-3H3,(H,20,24). The predicted octanol–water partition coefficient (Wildman–Crippen LogP) is 3.54. The van der Waals surface area contributed by atoms with E-state index >= 15 is 0 Å². The van der Waals surface area contributed by atoms with E-state index in [0.29, 0.717) is 17.5 Å². The fourth-order valence-electron chi connectivity index (χ4n) is 2.45. The van der Waals surface area contributed by atoms with E-state index in [4.69, 9.17) is 4.42 Å². The molecule has 0 aliphatic rings. The van der Waals surface area contributed by atoms with Crippen LogP contribution in [0.5, 0.6) is 0 Å². The zero-order chi connectivity index (χ0) is 18.5. The third kappa shape index (κ3) is 3.88. The summed E-state index contributed by atoms with van der Waals surface area (Å²) in [6.07, 6.45) is 3.28. The molecule has 0 bridgehead atoms. The van der Waals surface area contributed by atoms with E-state index < -0.39 is 0 Å².